The minimum Gasteiger partial charge on any atom is 0 e. The molecule has 0 aliphatic heterocycles. The third-order valence-electron chi connectivity index (χ3n) is 11.5. The van der Waals surface area contributed by atoms with E-state index in [9.17, 15) is 0 Å². The van der Waals surface area contributed by atoms with Gasteiger partial charge in [0.15, 0.2) is 0 Å². The van der Waals surface area contributed by atoms with Crippen LogP contribution in [-0.4, -0.2) is 32.8 Å². The average molecular weight is 1080 g/mol. The van der Waals surface area contributed by atoms with Gasteiger partial charge in [-0.2, -0.15) is 0 Å². The van der Waals surface area contributed by atoms with E-state index in [0.29, 0.717) is 5.71 Å². The van der Waals surface area contributed by atoms with E-state index >= 15 is 0 Å². The molecule has 0 atom stereocenters. The van der Waals surface area contributed by atoms with Gasteiger partial charge in [0.05, 0.1) is 28.1 Å². The Balaban J connectivity index is 0.000000211. The van der Waals surface area contributed by atoms with Crippen LogP contribution in [0.2, 0.25) is 17.3 Å². The quantitative estimate of drug-likeness (QED) is 0.118. The number of furan rings is 1. The van der Waals surface area contributed by atoms with Gasteiger partial charge < -0.3 is 8.98 Å². The van der Waals surface area contributed by atoms with Crippen LogP contribution in [0.5, 0.6) is 0 Å². The van der Waals surface area contributed by atoms with Crippen molar-refractivity contribution in [2.45, 2.75) is 96.8 Å². The molecule has 0 saturated heterocycles. The molecule has 5 nitrogen and oxygen atoms in total. The van der Waals surface area contributed by atoms with Crippen molar-refractivity contribution in [3.8, 4) is 39.5 Å². The zero-order valence-electron chi connectivity index (χ0n) is 41.2. The molecular formula is C57H60GeIrN4O-2. The van der Waals surface area contributed by atoms with Crippen LogP contribution in [0.25, 0.3) is 72.6 Å². The van der Waals surface area contributed by atoms with Crippen LogP contribution >= 0.6 is 0 Å². The summed E-state index contributed by atoms with van der Waals surface area (Å²) in [6.07, 6.45) is 0.565. The monoisotopic (exact) mass is 1090 g/mol. The molecule has 9 rings (SSSR count). The number of hydrogen-bond donors (Lipinski definition) is 0. The Labute approximate surface area is 399 Å². The minimum absolute atomic E-state index is 0. The van der Waals surface area contributed by atoms with Gasteiger partial charge >= 0.3 is 154 Å². The number of benzene rings is 5. The molecule has 329 valence electrons. The second-order valence-electron chi connectivity index (χ2n) is 20.0. The first kappa shape index (κ1) is 44.1. The van der Waals surface area contributed by atoms with Gasteiger partial charge in [-0.05, 0) is 47.7 Å². The zero-order valence-corrected chi connectivity index (χ0v) is 43.7. The van der Waals surface area contributed by atoms with Crippen molar-refractivity contribution in [2.24, 2.45) is 5.92 Å². The number of para-hydroxylation sites is 3. The van der Waals surface area contributed by atoms with Crippen molar-refractivity contribution in [3.05, 3.63) is 162 Å². The second-order valence-corrected chi connectivity index (χ2v) is 30.6. The first-order valence-electron chi connectivity index (χ1n) is 23.1. The van der Waals surface area contributed by atoms with Gasteiger partial charge in [0.2, 0.25) is 5.71 Å². The van der Waals surface area contributed by atoms with E-state index in [4.69, 9.17) is 17.1 Å². The summed E-state index contributed by atoms with van der Waals surface area (Å²) < 4.78 is 27.3. The van der Waals surface area contributed by atoms with E-state index in [1.165, 1.54) is 11.1 Å². The molecule has 0 unspecified atom stereocenters. The third kappa shape index (κ3) is 9.61. The molecule has 5 aromatic carbocycles. The first-order chi connectivity index (χ1) is 30.6. The molecule has 0 bridgehead atoms. The van der Waals surface area contributed by atoms with Crippen molar-refractivity contribution in [2.75, 3.05) is 0 Å². The predicted octanol–water partition coefficient (Wildman–Crippen LogP) is 14.6. The van der Waals surface area contributed by atoms with Crippen LogP contribution in [0.4, 0.5) is 0 Å². The fourth-order valence-electron chi connectivity index (χ4n) is 8.25. The SMILES string of the molecule is Cc1ccc2c(n1)oc1c(-c3nc4ccccc4n3-c3c(-c4ccccc4)cccc3C(C)(C)C)[c-]ccc12.[2H]C([2H])(c1cc(-c2[c-]ccc(C(C)(C)C)c2)nc[c]1[Ge]([CH3])([CH3])[CH3])C(C)C.[Ir]. The fourth-order valence-corrected chi connectivity index (χ4v) is 11.2. The number of imidazole rings is 1. The van der Waals surface area contributed by atoms with Crippen LogP contribution in [0.1, 0.15) is 80.5 Å². The molecule has 0 spiro atoms. The molecule has 1 radical (unpaired) electrons. The number of aryl methyl sites for hydroxylation is 1. The van der Waals surface area contributed by atoms with E-state index in [-0.39, 0.29) is 36.9 Å². The molecule has 64 heavy (non-hydrogen) atoms. The number of rotatable bonds is 7. The van der Waals surface area contributed by atoms with Gasteiger partial charge in [0.1, 0.15) is 0 Å². The van der Waals surface area contributed by atoms with Gasteiger partial charge in [-0.15, -0.1) is 18.2 Å². The van der Waals surface area contributed by atoms with E-state index in [1.54, 1.807) is 0 Å². The maximum atomic E-state index is 8.70. The van der Waals surface area contributed by atoms with Crippen LogP contribution in [0.15, 0.2) is 132 Å². The van der Waals surface area contributed by atoms with Crippen molar-refractivity contribution < 1.29 is 27.3 Å². The van der Waals surface area contributed by atoms with E-state index in [0.717, 1.165) is 82.5 Å². The summed E-state index contributed by atoms with van der Waals surface area (Å²) in [5, 5.41) is 2.01. The van der Waals surface area contributed by atoms with Crippen LogP contribution < -0.4 is 4.40 Å². The van der Waals surface area contributed by atoms with E-state index in [1.807, 2.05) is 63.4 Å². The summed E-state index contributed by atoms with van der Waals surface area (Å²) in [7, 11) is 0. The number of hydrogen-bond acceptors (Lipinski definition) is 4. The Bertz CT molecular complexity index is 3190. The second kappa shape index (κ2) is 18.4. The molecule has 0 aliphatic rings. The smallest absolute Gasteiger partial charge is 0 e. The van der Waals surface area contributed by atoms with Crippen LogP contribution in [0.3, 0.4) is 0 Å². The number of fused-ring (bicyclic) bond motifs is 4. The predicted molar refractivity (Wildman–Crippen MR) is 268 cm³/mol. The molecule has 0 N–H and O–H groups in total. The maximum absolute atomic E-state index is 8.70. The summed E-state index contributed by atoms with van der Waals surface area (Å²) >= 11 is -2.25. The zero-order chi connectivity index (χ0) is 46.6. The molecule has 0 saturated carbocycles. The van der Waals surface area contributed by atoms with Gasteiger partial charge in [0.25, 0.3) is 0 Å². The van der Waals surface area contributed by atoms with Crippen molar-refractivity contribution in [3.63, 3.8) is 0 Å². The Hall–Kier alpha value is -5.14. The molecule has 9 aromatic rings. The Morgan fingerprint density at radius 2 is 1.48 bits per heavy atom. The number of nitrogens with zero attached hydrogens (tertiary/aromatic N) is 4. The summed E-state index contributed by atoms with van der Waals surface area (Å²) in [6, 6.07) is 48.6. The Morgan fingerprint density at radius 3 is 2.19 bits per heavy atom. The van der Waals surface area contributed by atoms with Crippen LogP contribution in [0, 0.1) is 25.0 Å². The maximum Gasteiger partial charge on any atom is 0 e. The van der Waals surface area contributed by atoms with Crippen molar-refractivity contribution in [1.82, 2.24) is 19.5 Å². The van der Waals surface area contributed by atoms with E-state index < -0.39 is 19.6 Å². The van der Waals surface area contributed by atoms with Gasteiger partial charge in [-0.1, -0.05) is 92.4 Å². The summed E-state index contributed by atoms with van der Waals surface area (Å²) in [4.78, 5) is 14.6. The first-order valence-corrected chi connectivity index (χ1v) is 29.4. The number of pyridine rings is 2. The molecule has 7 heteroatoms. The Kier molecular flexibility index (Phi) is 12.7. The minimum atomic E-state index is -2.25. The third-order valence-corrected chi connectivity index (χ3v) is 15.7. The van der Waals surface area contributed by atoms with Gasteiger partial charge in [-0.25, -0.2) is 4.98 Å². The molecule has 0 amide bonds. The van der Waals surface area contributed by atoms with Crippen LogP contribution in [-0.2, 0) is 37.3 Å². The number of aromatic nitrogens is 4. The largest absolute Gasteiger partial charge is 0 e. The normalized spacial score (nSPS) is 12.8. The molecule has 4 aromatic heterocycles. The van der Waals surface area contributed by atoms with Gasteiger partial charge in [-0.3, -0.25) is 4.98 Å². The molecular weight excluding hydrogens is 1020 g/mol. The van der Waals surface area contributed by atoms with Gasteiger partial charge in [0, 0.05) is 36.7 Å². The van der Waals surface area contributed by atoms with E-state index in [2.05, 4.69) is 165 Å². The topological polar surface area (TPSA) is 56.7 Å². The van der Waals surface area contributed by atoms with Crippen molar-refractivity contribution in [1.29, 1.82) is 0 Å². The Morgan fingerprint density at radius 1 is 0.766 bits per heavy atom. The van der Waals surface area contributed by atoms with Crippen molar-refractivity contribution >= 4 is 50.8 Å². The summed E-state index contributed by atoms with van der Waals surface area (Å²) in [5.41, 5.74) is 13.5. The average Bonchev–Trinajstić information content (AvgIpc) is 3.84. The molecule has 0 aliphatic carbocycles. The summed E-state index contributed by atoms with van der Waals surface area (Å²) in [5.74, 6) is 7.59. The summed E-state index contributed by atoms with van der Waals surface area (Å²) in [6.45, 7) is 19.2. The fraction of sp³-hybridized carbons (Fsp3) is 0.281. The standard InChI is InChI=1S/C35H28N3O.C22H32GeN.Ir/c1-22-20-21-26-25-15-10-16-27(32(25)39-34(26)36-22)33-37-29-18-8-9-19-30(29)38(33)31-24(23-12-6-5-7-13-23)14-11-17-28(31)35(2,3)4;1-16(2)12-18-14-21(24-15-20(18)23(6,7)8)17-10-9-11-19(13-17)22(3,4)5;/h5-15,17-21H,1-4H3;9,11,13-16H,12H2,1-8H3;/q2*-1;/i;12D2;. The molecule has 4 heterocycles. The molecule has 0 fully saturated rings.